The Kier molecular flexibility index (Phi) is 5.44. The van der Waals surface area contributed by atoms with Crippen molar-refractivity contribution in [1.82, 2.24) is 5.32 Å². The van der Waals surface area contributed by atoms with Crippen LogP contribution in [0.2, 0.25) is 0 Å². The summed E-state index contributed by atoms with van der Waals surface area (Å²) in [6.07, 6.45) is 2.15. The first kappa shape index (κ1) is 14.4. The van der Waals surface area contributed by atoms with E-state index in [0.29, 0.717) is 12.3 Å². The van der Waals surface area contributed by atoms with Crippen LogP contribution in [0.25, 0.3) is 0 Å². The highest BCUT2D eigenvalue weighted by molar-refractivity contribution is 5.45. The van der Waals surface area contributed by atoms with Crippen LogP contribution in [0.3, 0.4) is 0 Å². The third-order valence-corrected chi connectivity index (χ3v) is 3.28. The first-order chi connectivity index (χ1) is 9.81. The van der Waals surface area contributed by atoms with Crippen LogP contribution in [-0.2, 0) is 13.0 Å². The van der Waals surface area contributed by atoms with Gasteiger partial charge in [0.1, 0.15) is 0 Å². The summed E-state index contributed by atoms with van der Waals surface area (Å²) in [6.45, 7) is 1.57. The molecule has 0 heterocycles. The fraction of sp³-hybridized carbons (Fsp3) is 0.294. The zero-order valence-corrected chi connectivity index (χ0v) is 11.8. The Morgan fingerprint density at radius 3 is 2.60 bits per heavy atom. The van der Waals surface area contributed by atoms with Crippen LogP contribution in [0.1, 0.15) is 17.5 Å². The number of aryl methyl sites for hydroxylation is 1. The van der Waals surface area contributed by atoms with Gasteiger partial charge in [0.2, 0.25) is 0 Å². The van der Waals surface area contributed by atoms with Gasteiger partial charge in [0, 0.05) is 12.1 Å². The second-order valence-electron chi connectivity index (χ2n) is 4.73. The Morgan fingerprint density at radius 1 is 1.05 bits per heavy atom. The summed E-state index contributed by atoms with van der Waals surface area (Å²) < 4.78 is 5.09. The molecule has 2 aromatic carbocycles. The molecule has 0 unspecified atom stereocenters. The summed E-state index contributed by atoms with van der Waals surface area (Å²) in [4.78, 5) is 0. The van der Waals surface area contributed by atoms with Crippen LogP contribution in [0, 0.1) is 0 Å². The van der Waals surface area contributed by atoms with Gasteiger partial charge in [-0.2, -0.15) is 0 Å². The maximum atomic E-state index is 9.96. The fourth-order valence-corrected chi connectivity index (χ4v) is 2.16. The van der Waals surface area contributed by atoms with Crippen molar-refractivity contribution in [1.29, 1.82) is 0 Å². The molecule has 3 nitrogen and oxygen atoms in total. The summed E-state index contributed by atoms with van der Waals surface area (Å²) in [5.41, 5.74) is 2.22. The summed E-state index contributed by atoms with van der Waals surface area (Å²) in [5.74, 6) is 0.749. The number of benzene rings is 2. The van der Waals surface area contributed by atoms with E-state index in [1.165, 1.54) is 5.56 Å². The van der Waals surface area contributed by atoms with E-state index in [1.54, 1.807) is 13.2 Å². The van der Waals surface area contributed by atoms with Gasteiger partial charge in [-0.25, -0.2) is 0 Å². The van der Waals surface area contributed by atoms with Crippen molar-refractivity contribution in [3.05, 3.63) is 59.7 Å². The minimum atomic E-state index is 0.227. The molecule has 0 aliphatic heterocycles. The number of hydrogen-bond donors (Lipinski definition) is 2. The lowest BCUT2D eigenvalue weighted by molar-refractivity contribution is 0.369. The van der Waals surface area contributed by atoms with Crippen LogP contribution in [0.15, 0.2) is 48.5 Å². The van der Waals surface area contributed by atoms with E-state index in [4.69, 9.17) is 4.74 Å². The maximum absolute atomic E-state index is 9.96. The number of aromatic hydroxyl groups is 1. The smallest absolute Gasteiger partial charge is 0.162 e. The second-order valence-corrected chi connectivity index (χ2v) is 4.73. The molecule has 2 aromatic rings. The zero-order chi connectivity index (χ0) is 14.2. The van der Waals surface area contributed by atoms with Crippen molar-refractivity contribution in [3.8, 4) is 11.5 Å². The molecule has 0 fully saturated rings. The molecule has 0 radical (unpaired) electrons. The molecule has 0 aliphatic rings. The molecule has 0 spiro atoms. The van der Waals surface area contributed by atoms with Crippen LogP contribution in [0.4, 0.5) is 0 Å². The number of methoxy groups -OCH3 is 1. The van der Waals surface area contributed by atoms with E-state index >= 15 is 0 Å². The van der Waals surface area contributed by atoms with Gasteiger partial charge in [-0.15, -0.1) is 0 Å². The highest BCUT2D eigenvalue weighted by atomic mass is 16.5. The van der Waals surface area contributed by atoms with Gasteiger partial charge in [-0.05, 0) is 31.0 Å². The summed E-state index contributed by atoms with van der Waals surface area (Å²) in [7, 11) is 1.56. The summed E-state index contributed by atoms with van der Waals surface area (Å²) >= 11 is 0. The molecule has 2 N–H and O–H groups in total. The molecular formula is C17H21NO2. The van der Waals surface area contributed by atoms with Gasteiger partial charge in [-0.1, -0.05) is 42.5 Å². The number of nitrogens with one attached hydrogen (secondary N) is 1. The quantitative estimate of drug-likeness (QED) is 0.760. The molecule has 2 rings (SSSR count). The fourth-order valence-electron chi connectivity index (χ4n) is 2.16. The van der Waals surface area contributed by atoms with E-state index in [-0.39, 0.29) is 5.75 Å². The lowest BCUT2D eigenvalue weighted by Crippen LogP contribution is -2.15. The van der Waals surface area contributed by atoms with Crippen molar-refractivity contribution in [3.63, 3.8) is 0 Å². The highest BCUT2D eigenvalue weighted by Crippen LogP contribution is 2.28. The average molecular weight is 271 g/mol. The molecule has 106 valence electrons. The lowest BCUT2D eigenvalue weighted by atomic mass is 10.1. The van der Waals surface area contributed by atoms with E-state index in [2.05, 4.69) is 29.6 Å². The lowest BCUT2D eigenvalue weighted by Gasteiger charge is -2.09. The molecule has 3 heteroatoms. The van der Waals surface area contributed by atoms with Gasteiger partial charge >= 0.3 is 0 Å². The number of rotatable bonds is 7. The average Bonchev–Trinajstić information content (AvgIpc) is 2.49. The molecule has 0 aromatic heterocycles. The van der Waals surface area contributed by atoms with Gasteiger partial charge in [-0.3, -0.25) is 0 Å². The monoisotopic (exact) mass is 271 g/mol. The largest absolute Gasteiger partial charge is 0.504 e. The molecule has 0 atom stereocenters. The van der Waals surface area contributed by atoms with Crippen molar-refractivity contribution in [2.75, 3.05) is 13.7 Å². The summed E-state index contributed by atoms with van der Waals surface area (Å²) in [5, 5.41) is 13.3. The first-order valence-corrected chi connectivity index (χ1v) is 6.90. The molecule has 0 aliphatic carbocycles. The SMILES string of the molecule is COc1cccc(CNCCCc2ccccc2)c1O. The Labute approximate surface area is 120 Å². The van der Waals surface area contributed by atoms with Crippen LogP contribution < -0.4 is 10.1 Å². The van der Waals surface area contributed by atoms with Crippen LogP contribution in [-0.4, -0.2) is 18.8 Å². The van der Waals surface area contributed by atoms with Gasteiger partial charge in [0.25, 0.3) is 0 Å². The third-order valence-electron chi connectivity index (χ3n) is 3.28. The van der Waals surface area contributed by atoms with Gasteiger partial charge in [0.15, 0.2) is 11.5 Å². The molecule has 0 bridgehead atoms. The minimum Gasteiger partial charge on any atom is -0.504 e. The first-order valence-electron chi connectivity index (χ1n) is 6.90. The van der Waals surface area contributed by atoms with Crippen LogP contribution in [0.5, 0.6) is 11.5 Å². The summed E-state index contributed by atoms with van der Waals surface area (Å²) in [6, 6.07) is 16.0. The second kappa shape index (κ2) is 7.56. The number of hydrogen-bond acceptors (Lipinski definition) is 3. The van der Waals surface area contributed by atoms with E-state index in [9.17, 15) is 5.11 Å². The Morgan fingerprint density at radius 2 is 1.85 bits per heavy atom. The van der Waals surface area contributed by atoms with E-state index in [1.807, 2.05) is 18.2 Å². The number of phenols is 1. The van der Waals surface area contributed by atoms with Gasteiger partial charge in [0.05, 0.1) is 7.11 Å². The van der Waals surface area contributed by atoms with Crippen molar-refractivity contribution in [2.24, 2.45) is 0 Å². The Hall–Kier alpha value is -2.00. The number of para-hydroxylation sites is 1. The minimum absolute atomic E-state index is 0.227. The normalized spacial score (nSPS) is 10.4. The highest BCUT2D eigenvalue weighted by Gasteiger charge is 2.06. The van der Waals surface area contributed by atoms with Gasteiger partial charge < -0.3 is 15.2 Å². The third kappa shape index (κ3) is 4.00. The molecular weight excluding hydrogens is 250 g/mol. The van der Waals surface area contributed by atoms with Crippen molar-refractivity contribution < 1.29 is 9.84 Å². The predicted molar refractivity (Wildman–Crippen MR) is 81.1 cm³/mol. The van der Waals surface area contributed by atoms with Crippen molar-refractivity contribution in [2.45, 2.75) is 19.4 Å². The number of phenolic OH excluding ortho intramolecular Hbond substituents is 1. The number of ether oxygens (including phenoxy) is 1. The van der Waals surface area contributed by atoms with Crippen LogP contribution >= 0.6 is 0 Å². The zero-order valence-electron chi connectivity index (χ0n) is 11.8. The molecule has 0 saturated heterocycles. The standard InChI is InChI=1S/C17H21NO2/c1-20-16-11-5-10-15(17(16)19)13-18-12-6-9-14-7-3-2-4-8-14/h2-5,7-8,10-11,18-19H,6,9,12-13H2,1H3. The van der Waals surface area contributed by atoms with E-state index < -0.39 is 0 Å². The Bertz CT molecular complexity index is 526. The molecule has 0 saturated carbocycles. The predicted octanol–water partition coefficient (Wildman–Crippen LogP) is 3.12. The molecule has 20 heavy (non-hydrogen) atoms. The Balaban J connectivity index is 1.74. The maximum Gasteiger partial charge on any atom is 0.162 e. The van der Waals surface area contributed by atoms with Crippen molar-refractivity contribution >= 4 is 0 Å². The molecule has 0 amide bonds. The van der Waals surface area contributed by atoms with E-state index in [0.717, 1.165) is 24.9 Å². The topological polar surface area (TPSA) is 41.5 Å².